The fourth-order valence-corrected chi connectivity index (χ4v) is 2.26. The third-order valence-corrected chi connectivity index (χ3v) is 3.42. The normalized spacial score (nSPS) is 14.8. The summed E-state index contributed by atoms with van der Waals surface area (Å²) in [5.74, 6) is -1.98. The molecule has 0 spiro atoms. The van der Waals surface area contributed by atoms with Gasteiger partial charge in [-0.2, -0.15) is 0 Å². The first-order valence-corrected chi connectivity index (χ1v) is 8.72. The molecule has 0 saturated carbocycles. The van der Waals surface area contributed by atoms with Crippen LogP contribution in [0.15, 0.2) is 30.3 Å². The minimum absolute atomic E-state index is 0.349. The van der Waals surface area contributed by atoms with Crippen LogP contribution in [0.25, 0.3) is 0 Å². The van der Waals surface area contributed by atoms with Gasteiger partial charge in [0.1, 0.15) is 0 Å². The van der Waals surface area contributed by atoms with Gasteiger partial charge in [-0.25, -0.2) is 4.79 Å². The molecule has 0 heterocycles. The monoisotopic (exact) mass is 338 g/mol. The summed E-state index contributed by atoms with van der Waals surface area (Å²) in [7, 11) is 0. The van der Waals surface area contributed by atoms with Crippen molar-refractivity contribution in [3.8, 4) is 0 Å². The van der Waals surface area contributed by atoms with Crippen molar-refractivity contribution in [3.63, 3.8) is 0 Å². The van der Waals surface area contributed by atoms with Crippen molar-refractivity contribution in [2.24, 2.45) is 0 Å². The molecule has 0 fully saturated rings. The van der Waals surface area contributed by atoms with E-state index in [9.17, 15) is 4.79 Å². The van der Waals surface area contributed by atoms with Gasteiger partial charge in [0.15, 0.2) is 6.29 Å². The second-order valence-corrected chi connectivity index (χ2v) is 5.67. The first-order chi connectivity index (χ1) is 11.5. The van der Waals surface area contributed by atoms with Gasteiger partial charge >= 0.3 is 11.9 Å². The summed E-state index contributed by atoms with van der Waals surface area (Å²) in [5, 5.41) is 0. The average molecular weight is 338 g/mol. The Kier molecular flexibility index (Phi) is 9.60. The van der Waals surface area contributed by atoms with E-state index in [1.54, 1.807) is 38.1 Å². The Hall–Kier alpha value is -1.43. The van der Waals surface area contributed by atoms with Crippen LogP contribution < -0.4 is 0 Å². The maximum atomic E-state index is 12.2. The molecule has 0 aliphatic rings. The van der Waals surface area contributed by atoms with Crippen LogP contribution in [0.4, 0.5) is 0 Å². The standard InChI is InChI=1S/C19H30O5/c1-5-7-8-12-15-21-16(3)23-19(4,22-6-2)24-18(20)17-13-10-9-11-14-17/h9-11,13-14,16H,5-8,12,15H2,1-4H3. The van der Waals surface area contributed by atoms with Crippen LogP contribution in [0.2, 0.25) is 0 Å². The van der Waals surface area contributed by atoms with Crippen molar-refractivity contribution in [3.05, 3.63) is 35.9 Å². The summed E-state index contributed by atoms with van der Waals surface area (Å²) in [6.07, 6.45) is 3.96. The molecule has 0 N–H and O–H groups in total. The number of benzene rings is 1. The van der Waals surface area contributed by atoms with E-state index in [1.807, 2.05) is 13.0 Å². The SMILES string of the molecule is CCCCCCOC(C)OC(C)(OCC)OC(=O)c1ccccc1. The van der Waals surface area contributed by atoms with Crippen LogP contribution >= 0.6 is 0 Å². The van der Waals surface area contributed by atoms with Gasteiger partial charge in [0, 0.05) is 13.5 Å². The lowest BCUT2D eigenvalue weighted by molar-refractivity contribution is -0.385. The molecule has 136 valence electrons. The van der Waals surface area contributed by atoms with Crippen LogP contribution in [0.1, 0.15) is 63.7 Å². The first kappa shape index (κ1) is 20.6. The predicted octanol–water partition coefficient (Wildman–Crippen LogP) is 4.51. The van der Waals surface area contributed by atoms with Crippen molar-refractivity contribution >= 4 is 5.97 Å². The summed E-state index contributed by atoms with van der Waals surface area (Å²) in [6, 6.07) is 8.75. The lowest BCUT2D eigenvalue weighted by atomic mass is 10.2. The molecule has 0 aliphatic carbocycles. The number of hydrogen-bond acceptors (Lipinski definition) is 5. The van der Waals surface area contributed by atoms with E-state index in [2.05, 4.69) is 6.92 Å². The molecule has 0 aliphatic heterocycles. The molecule has 1 rings (SSSR count). The molecule has 0 bridgehead atoms. The number of unbranched alkanes of at least 4 members (excludes halogenated alkanes) is 3. The fourth-order valence-electron chi connectivity index (χ4n) is 2.26. The highest BCUT2D eigenvalue weighted by molar-refractivity contribution is 5.89. The zero-order chi connectivity index (χ0) is 17.8. The highest BCUT2D eigenvalue weighted by Gasteiger charge is 2.33. The molecule has 0 amide bonds. The van der Waals surface area contributed by atoms with Crippen LogP contribution in [0.5, 0.6) is 0 Å². The summed E-state index contributed by atoms with van der Waals surface area (Å²) in [5.41, 5.74) is 0.445. The highest BCUT2D eigenvalue weighted by Crippen LogP contribution is 2.20. The molecule has 0 saturated heterocycles. The summed E-state index contributed by atoms with van der Waals surface area (Å²) < 4.78 is 22.2. The van der Waals surface area contributed by atoms with E-state index < -0.39 is 18.2 Å². The number of carbonyl (C=O) groups is 1. The van der Waals surface area contributed by atoms with Gasteiger partial charge in [-0.05, 0) is 32.4 Å². The minimum atomic E-state index is -1.48. The molecule has 5 heteroatoms. The van der Waals surface area contributed by atoms with E-state index >= 15 is 0 Å². The largest absolute Gasteiger partial charge is 0.404 e. The maximum Gasteiger partial charge on any atom is 0.342 e. The second-order valence-electron chi connectivity index (χ2n) is 5.67. The van der Waals surface area contributed by atoms with Crippen LogP contribution in [0.3, 0.4) is 0 Å². The molecule has 1 aromatic carbocycles. The van der Waals surface area contributed by atoms with Crippen molar-refractivity contribution < 1.29 is 23.7 Å². The lowest BCUT2D eigenvalue weighted by Crippen LogP contribution is -2.41. The average Bonchev–Trinajstić information content (AvgIpc) is 2.55. The molecule has 1 aromatic rings. The molecular weight excluding hydrogens is 308 g/mol. The van der Waals surface area contributed by atoms with Crippen molar-refractivity contribution in [2.45, 2.75) is 65.6 Å². The zero-order valence-electron chi connectivity index (χ0n) is 15.2. The highest BCUT2D eigenvalue weighted by atomic mass is 16.9. The summed E-state index contributed by atoms with van der Waals surface area (Å²) >= 11 is 0. The number of rotatable bonds is 12. The Morgan fingerprint density at radius 2 is 1.83 bits per heavy atom. The zero-order valence-corrected chi connectivity index (χ0v) is 15.2. The van der Waals surface area contributed by atoms with E-state index in [-0.39, 0.29) is 0 Å². The topological polar surface area (TPSA) is 54.0 Å². The van der Waals surface area contributed by atoms with Gasteiger partial charge in [-0.3, -0.25) is 4.74 Å². The Bertz CT molecular complexity index is 462. The molecule has 5 nitrogen and oxygen atoms in total. The number of hydrogen-bond donors (Lipinski definition) is 0. The quantitative estimate of drug-likeness (QED) is 0.319. The van der Waals surface area contributed by atoms with Gasteiger partial charge in [0.2, 0.25) is 0 Å². The predicted molar refractivity (Wildman–Crippen MR) is 92.5 cm³/mol. The Morgan fingerprint density at radius 3 is 2.46 bits per heavy atom. The second kappa shape index (κ2) is 11.2. The number of ether oxygens (including phenoxy) is 4. The van der Waals surface area contributed by atoms with Gasteiger partial charge in [-0.1, -0.05) is 44.4 Å². The van der Waals surface area contributed by atoms with Gasteiger partial charge in [-0.15, -0.1) is 0 Å². The summed E-state index contributed by atoms with van der Waals surface area (Å²) in [6.45, 7) is 8.29. The van der Waals surface area contributed by atoms with E-state index in [4.69, 9.17) is 18.9 Å². The Morgan fingerprint density at radius 1 is 1.12 bits per heavy atom. The van der Waals surface area contributed by atoms with E-state index in [0.29, 0.717) is 18.8 Å². The smallest absolute Gasteiger partial charge is 0.342 e. The van der Waals surface area contributed by atoms with Crippen molar-refractivity contribution in [2.75, 3.05) is 13.2 Å². The number of esters is 1. The first-order valence-electron chi connectivity index (χ1n) is 8.72. The Balaban J connectivity index is 2.52. The minimum Gasteiger partial charge on any atom is -0.404 e. The Labute approximate surface area is 145 Å². The molecule has 2 atom stereocenters. The summed E-state index contributed by atoms with van der Waals surface area (Å²) in [4.78, 5) is 12.2. The van der Waals surface area contributed by atoms with Crippen molar-refractivity contribution in [1.82, 2.24) is 0 Å². The molecule has 24 heavy (non-hydrogen) atoms. The third kappa shape index (κ3) is 7.90. The fraction of sp³-hybridized carbons (Fsp3) is 0.632. The molecule has 2 unspecified atom stereocenters. The van der Waals surface area contributed by atoms with E-state index in [1.165, 1.54) is 12.8 Å². The van der Waals surface area contributed by atoms with Gasteiger partial charge < -0.3 is 14.2 Å². The third-order valence-electron chi connectivity index (χ3n) is 3.42. The van der Waals surface area contributed by atoms with Crippen molar-refractivity contribution in [1.29, 1.82) is 0 Å². The lowest BCUT2D eigenvalue weighted by Gasteiger charge is -2.31. The van der Waals surface area contributed by atoms with Gasteiger partial charge in [0.25, 0.3) is 0 Å². The van der Waals surface area contributed by atoms with Crippen LogP contribution in [-0.4, -0.2) is 31.4 Å². The molecular formula is C19H30O5. The molecule has 0 radical (unpaired) electrons. The maximum absolute atomic E-state index is 12.2. The van der Waals surface area contributed by atoms with Gasteiger partial charge in [0.05, 0.1) is 12.2 Å². The van der Waals surface area contributed by atoms with Crippen LogP contribution in [-0.2, 0) is 18.9 Å². The van der Waals surface area contributed by atoms with E-state index in [0.717, 1.165) is 12.8 Å². The molecule has 0 aromatic heterocycles. The number of carbonyl (C=O) groups excluding carboxylic acids is 1. The van der Waals surface area contributed by atoms with Crippen LogP contribution in [0, 0.1) is 0 Å².